The van der Waals surface area contributed by atoms with E-state index in [0.29, 0.717) is 0 Å². The summed E-state index contributed by atoms with van der Waals surface area (Å²) in [5.74, 6) is 5.33. The second-order valence-electron chi connectivity index (χ2n) is 0.951. The molecular weight excluding hydrogens is 203 g/mol. The molecule has 0 bridgehead atoms. The molecule has 40 valence electrons. The Morgan fingerprint density at radius 3 is 2.57 bits per heavy atom. The molecule has 0 atom stereocenters. The van der Waals surface area contributed by atoms with E-state index < -0.39 is 0 Å². The molecule has 0 amide bonds. The summed E-state index contributed by atoms with van der Waals surface area (Å²) >= 11 is 2.24. The average molecular weight is 210 g/mol. The van der Waals surface area contributed by atoms with Gasteiger partial charge in [-0.1, -0.05) is 28.5 Å². The normalized spacial score (nSPS) is 7.14. The zero-order chi connectivity index (χ0) is 5.54. The highest BCUT2D eigenvalue weighted by Crippen LogP contribution is 1.83. The summed E-state index contributed by atoms with van der Waals surface area (Å²) in [5.41, 5.74) is 0. The Balaban J connectivity index is 2.91. The first-order valence-electron chi connectivity index (χ1n) is 2.04. The van der Waals surface area contributed by atoms with Crippen LogP contribution in [0, 0.1) is 11.8 Å². The lowest BCUT2D eigenvalue weighted by molar-refractivity contribution is 0.350. The summed E-state index contributed by atoms with van der Waals surface area (Å²) in [6, 6.07) is 0. The molecule has 0 aliphatic rings. The highest BCUT2D eigenvalue weighted by atomic mass is 127. The van der Waals surface area contributed by atoms with Crippen molar-refractivity contribution in [3.8, 4) is 11.8 Å². The maximum Gasteiger partial charge on any atom is 0.104 e. The Hall–Kier alpha value is 0.250. The van der Waals surface area contributed by atoms with E-state index in [-0.39, 0.29) is 6.61 Å². The fraction of sp³-hybridized carbons (Fsp3) is 0.600. The molecule has 0 aliphatic carbocycles. The maximum atomic E-state index is 8.12. The molecule has 0 unspecified atom stereocenters. The largest absolute Gasteiger partial charge is 0.384 e. The molecule has 0 heterocycles. The molecular formula is C5H7IO. The van der Waals surface area contributed by atoms with Crippen molar-refractivity contribution in [2.24, 2.45) is 0 Å². The van der Waals surface area contributed by atoms with Crippen LogP contribution in [-0.4, -0.2) is 16.1 Å². The molecule has 0 aromatic rings. The standard InChI is InChI=1S/C5H7IO/c6-4-2-1-3-5-7/h7H,2,4-5H2. The van der Waals surface area contributed by atoms with E-state index in [4.69, 9.17) is 5.11 Å². The number of alkyl halides is 1. The minimum atomic E-state index is -0.00333. The molecule has 1 N–H and O–H groups in total. The van der Waals surface area contributed by atoms with Gasteiger partial charge in [0, 0.05) is 10.8 Å². The third kappa shape index (κ3) is 6.25. The molecule has 0 radical (unpaired) electrons. The second-order valence-corrected chi connectivity index (χ2v) is 2.03. The van der Waals surface area contributed by atoms with Crippen molar-refractivity contribution in [3.63, 3.8) is 0 Å². The van der Waals surface area contributed by atoms with E-state index >= 15 is 0 Å². The van der Waals surface area contributed by atoms with E-state index in [0.717, 1.165) is 10.8 Å². The molecule has 0 rings (SSSR count). The van der Waals surface area contributed by atoms with E-state index in [1.165, 1.54) is 0 Å². The fourth-order valence-electron chi connectivity index (χ4n) is 0.192. The highest BCUT2D eigenvalue weighted by molar-refractivity contribution is 14.1. The summed E-state index contributed by atoms with van der Waals surface area (Å²) in [5, 5.41) is 8.12. The van der Waals surface area contributed by atoms with Crippen LogP contribution in [0.1, 0.15) is 6.42 Å². The van der Waals surface area contributed by atoms with Crippen LogP contribution in [0.5, 0.6) is 0 Å². The SMILES string of the molecule is OCC#CCCI. The monoisotopic (exact) mass is 210 g/mol. The molecule has 0 aromatic carbocycles. The van der Waals surface area contributed by atoms with Gasteiger partial charge in [-0.25, -0.2) is 0 Å². The van der Waals surface area contributed by atoms with Gasteiger partial charge in [0.15, 0.2) is 0 Å². The summed E-state index contributed by atoms with van der Waals surface area (Å²) < 4.78 is 1.05. The molecule has 7 heavy (non-hydrogen) atoms. The summed E-state index contributed by atoms with van der Waals surface area (Å²) in [7, 11) is 0. The number of aliphatic hydroxyl groups is 1. The van der Waals surface area contributed by atoms with Gasteiger partial charge in [0.05, 0.1) is 0 Å². The van der Waals surface area contributed by atoms with Crippen LogP contribution in [0.25, 0.3) is 0 Å². The Morgan fingerprint density at radius 1 is 1.43 bits per heavy atom. The topological polar surface area (TPSA) is 20.2 Å². The Bertz CT molecular complexity index is 79.8. The quantitative estimate of drug-likeness (QED) is 0.385. The molecule has 0 spiro atoms. The number of hydrogen-bond donors (Lipinski definition) is 1. The van der Waals surface area contributed by atoms with Gasteiger partial charge in [-0.15, -0.1) is 5.92 Å². The third-order valence-electron chi connectivity index (χ3n) is 0.424. The van der Waals surface area contributed by atoms with E-state index in [1.54, 1.807) is 0 Å². The van der Waals surface area contributed by atoms with Crippen molar-refractivity contribution in [3.05, 3.63) is 0 Å². The van der Waals surface area contributed by atoms with Gasteiger partial charge in [0.2, 0.25) is 0 Å². The maximum absolute atomic E-state index is 8.12. The average Bonchev–Trinajstić information content (AvgIpc) is 1.69. The number of halogens is 1. The first-order valence-corrected chi connectivity index (χ1v) is 3.57. The molecule has 1 nitrogen and oxygen atoms in total. The van der Waals surface area contributed by atoms with E-state index in [9.17, 15) is 0 Å². The fourth-order valence-corrected chi connectivity index (χ4v) is 0.461. The van der Waals surface area contributed by atoms with Crippen molar-refractivity contribution >= 4 is 22.6 Å². The summed E-state index contributed by atoms with van der Waals surface area (Å²) in [6.07, 6.45) is 0.890. The van der Waals surface area contributed by atoms with Crippen molar-refractivity contribution < 1.29 is 5.11 Å². The number of hydrogen-bond acceptors (Lipinski definition) is 1. The Morgan fingerprint density at radius 2 is 2.14 bits per heavy atom. The van der Waals surface area contributed by atoms with Crippen LogP contribution in [0.2, 0.25) is 0 Å². The van der Waals surface area contributed by atoms with Crippen molar-refractivity contribution in [2.45, 2.75) is 6.42 Å². The van der Waals surface area contributed by atoms with Crippen LogP contribution in [0.4, 0.5) is 0 Å². The number of aliphatic hydroxyl groups excluding tert-OH is 1. The van der Waals surface area contributed by atoms with Crippen LogP contribution in [0.15, 0.2) is 0 Å². The molecule has 0 saturated carbocycles. The van der Waals surface area contributed by atoms with Gasteiger partial charge in [0.1, 0.15) is 6.61 Å². The number of rotatable bonds is 1. The zero-order valence-electron chi connectivity index (χ0n) is 3.95. The lowest BCUT2D eigenvalue weighted by Crippen LogP contribution is -1.71. The van der Waals surface area contributed by atoms with E-state index in [1.807, 2.05) is 0 Å². The van der Waals surface area contributed by atoms with Crippen LogP contribution in [0.3, 0.4) is 0 Å². The molecule has 0 aliphatic heterocycles. The molecule has 0 aromatic heterocycles. The van der Waals surface area contributed by atoms with Crippen molar-refractivity contribution in [2.75, 3.05) is 11.0 Å². The van der Waals surface area contributed by atoms with Crippen molar-refractivity contribution in [1.29, 1.82) is 0 Å². The van der Waals surface area contributed by atoms with Gasteiger partial charge in [0.25, 0.3) is 0 Å². The summed E-state index contributed by atoms with van der Waals surface area (Å²) in [6.45, 7) is -0.00333. The van der Waals surface area contributed by atoms with Gasteiger partial charge < -0.3 is 5.11 Å². The Labute approximate surface area is 57.3 Å². The second kappa shape index (κ2) is 6.25. The molecule has 2 heteroatoms. The lowest BCUT2D eigenvalue weighted by Gasteiger charge is -1.72. The highest BCUT2D eigenvalue weighted by Gasteiger charge is 1.67. The minimum absolute atomic E-state index is 0.00333. The van der Waals surface area contributed by atoms with Gasteiger partial charge >= 0.3 is 0 Å². The van der Waals surface area contributed by atoms with Gasteiger partial charge in [-0.3, -0.25) is 0 Å². The van der Waals surface area contributed by atoms with Crippen LogP contribution in [-0.2, 0) is 0 Å². The van der Waals surface area contributed by atoms with Gasteiger partial charge in [-0.2, -0.15) is 0 Å². The third-order valence-corrected chi connectivity index (χ3v) is 0.963. The van der Waals surface area contributed by atoms with Crippen molar-refractivity contribution in [1.82, 2.24) is 0 Å². The predicted octanol–water partition coefficient (Wildman–Crippen LogP) is 0.807. The molecule has 0 fully saturated rings. The predicted molar refractivity (Wildman–Crippen MR) is 38.4 cm³/mol. The molecule has 0 saturated heterocycles. The summed E-state index contributed by atoms with van der Waals surface area (Å²) in [4.78, 5) is 0. The minimum Gasteiger partial charge on any atom is -0.384 e. The Kier molecular flexibility index (Phi) is 6.47. The first kappa shape index (κ1) is 7.25. The van der Waals surface area contributed by atoms with E-state index in [2.05, 4.69) is 34.4 Å². The van der Waals surface area contributed by atoms with Gasteiger partial charge in [-0.05, 0) is 0 Å². The smallest absolute Gasteiger partial charge is 0.104 e. The lowest BCUT2D eigenvalue weighted by atomic mass is 10.5. The van der Waals surface area contributed by atoms with Crippen LogP contribution >= 0.6 is 22.6 Å². The zero-order valence-corrected chi connectivity index (χ0v) is 6.10. The first-order chi connectivity index (χ1) is 3.41. The van der Waals surface area contributed by atoms with Crippen LogP contribution < -0.4 is 0 Å².